The van der Waals surface area contributed by atoms with Gasteiger partial charge in [-0.15, -0.1) is 0 Å². The van der Waals surface area contributed by atoms with Gasteiger partial charge < -0.3 is 14.8 Å². The highest BCUT2D eigenvalue weighted by molar-refractivity contribution is 5.66. The van der Waals surface area contributed by atoms with E-state index in [-0.39, 0.29) is 6.61 Å². The average Bonchev–Trinajstić information content (AvgIpc) is 2.86. The van der Waals surface area contributed by atoms with E-state index in [1.165, 1.54) is 5.56 Å². The fraction of sp³-hybridized carbons (Fsp3) is 0.400. The number of H-pyrrole nitrogens is 1. The minimum Gasteiger partial charge on any atom is -0.496 e. The van der Waals surface area contributed by atoms with Crippen LogP contribution in [-0.2, 0) is 6.61 Å². The number of aromatic nitrogens is 2. The standard InChI is InChI=1S/C15H20N2O2/c1-9(2)11-6-12(10(3)5-14(11)19-4)13-7-16-15(8-18)17-13/h5-7,9,18H,8H2,1-4H3,(H,16,17). The quantitative estimate of drug-likeness (QED) is 0.888. The van der Waals surface area contributed by atoms with E-state index in [1.807, 2.05) is 13.0 Å². The summed E-state index contributed by atoms with van der Waals surface area (Å²) in [6, 6.07) is 4.18. The first-order valence-electron chi connectivity index (χ1n) is 6.40. The molecule has 0 aliphatic heterocycles. The summed E-state index contributed by atoms with van der Waals surface area (Å²) in [6.07, 6.45) is 1.75. The van der Waals surface area contributed by atoms with Crippen LogP contribution in [-0.4, -0.2) is 22.2 Å². The number of nitrogens with zero attached hydrogens (tertiary/aromatic N) is 1. The predicted molar refractivity (Wildman–Crippen MR) is 75.3 cm³/mol. The Morgan fingerprint density at radius 3 is 2.63 bits per heavy atom. The molecule has 2 aromatic rings. The lowest BCUT2D eigenvalue weighted by Crippen LogP contribution is -1.97. The molecule has 2 rings (SSSR count). The van der Waals surface area contributed by atoms with Crippen LogP contribution in [0.1, 0.15) is 36.7 Å². The van der Waals surface area contributed by atoms with Crippen LogP contribution in [0.5, 0.6) is 5.75 Å². The molecule has 4 nitrogen and oxygen atoms in total. The van der Waals surface area contributed by atoms with Gasteiger partial charge in [0, 0.05) is 5.56 Å². The Labute approximate surface area is 113 Å². The number of benzene rings is 1. The Hall–Kier alpha value is -1.81. The second-order valence-corrected chi connectivity index (χ2v) is 4.97. The summed E-state index contributed by atoms with van der Waals surface area (Å²) in [5.41, 5.74) is 4.31. The lowest BCUT2D eigenvalue weighted by atomic mass is 9.95. The van der Waals surface area contributed by atoms with E-state index < -0.39 is 0 Å². The minimum absolute atomic E-state index is 0.0771. The summed E-state index contributed by atoms with van der Waals surface area (Å²) < 4.78 is 5.44. The second kappa shape index (κ2) is 5.45. The SMILES string of the molecule is COc1cc(C)c(-c2cnc(CO)[nH]2)cc1C(C)C. The lowest BCUT2D eigenvalue weighted by molar-refractivity contribution is 0.272. The zero-order valence-corrected chi connectivity index (χ0v) is 11.8. The van der Waals surface area contributed by atoms with Gasteiger partial charge in [-0.05, 0) is 36.1 Å². The largest absolute Gasteiger partial charge is 0.496 e. The molecule has 0 aliphatic rings. The first kappa shape index (κ1) is 13.6. The molecular formula is C15H20N2O2. The number of aliphatic hydroxyl groups is 1. The highest BCUT2D eigenvalue weighted by Gasteiger charge is 2.13. The molecule has 0 saturated heterocycles. The molecule has 0 bridgehead atoms. The minimum atomic E-state index is -0.0771. The van der Waals surface area contributed by atoms with Crippen LogP contribution in [0, 0.1) is 6.92 Å². The van der Waals surface area contributed by atoms with E-state index in [2.05, 4.69) is 29.9 Å². The number of aliphatic hydroxyl groups excluding tert-OH is 1. The lowest BCUT2D eigenvalue weighted by Gasteiger charge is -2.15. The fourth-order valence-corrected chi connectivity index (χ4v) is 2.20. The van der Waals surface area contributed by atoms with Gasteiger partial charge in [0.05, 0.1) is 19.0 Å². The van der Waals surface area contributed by atoms with E-state index in [9.17, 15) is 0 Å². The van der Waals surface area contributed by atoms with Gasteiger partial charge in [-0.25, -0.2) is 4.98 Å². The molecule has 19 heavy (non-hydrogen) atoms. The molecule has 4 heteroatoms. The third-order valence-electron chi connectivity index (χ3n) is 3.27. The normalized spacial score (nSPS) is 11.1. The van der Waals surface area contributed by atoms with Crippen molar-refractivity contribution in [1.82, 2.24) is 9.97 Å². The fourth-order valence-electron chi connectivity index (χ4n) is 2.20. The van der Waals surface area contributed by atoms with Crippen LogP contribution in [0.25, 0.3) is 11.3 Å². The molecule has 0 radical (unpaired) electrons. The van der Waals surface area contributed by atoms with Crippen LogP contribution < -0.4 is 4.74 Å². The summed E-state index contributed by atoms with van der Waals surface area (Å²) in [4.78, 5) is 7.25. The van der Waals surface area contributed by atoms with Crippen molar-refractivity contribution in [1.29, 1.82) is 0 Å². The van der Waals surface area contributed by atoms with Gasteiger partial charge in [-0.2, -0.15) is 0 Å². The molecule has 1 heterocycles. The maximum Gasteiger partial charge on any atom is 0.132 e. The molecule has 0 amide bonds. The number of imidazole rings is 1. The molecule has 0 unspecified atom stereocenters. The van der Waals surface area contributed by atoms with E-state index in [0.29, 0.717) is 11.7 Å². The highest BCUT2D eigenvalue weighted by Crippen LogP contribution is 2.33. The second-order valence-electron chi connectivity index (χ2n) is 4.97. The molecule has 0 saturated carbocycles. The smallest absolute Gasteiger partial charge is 0.132 e. The van der Waals surface area contributed by atoms with Crippen LogP contribution in [0.15, 0.2) is 18.3 Å². The number of methoxy groups -OCH3 is 1. The Balaban J connectivity index is 2.54. The van der Waals surface area contributed by atoms with Crippen molar-refractivity contribution in [2.45, 2.75) is 33.3 Å². The van der Waals surface area contributed by atoms with Crippen LogP contribution in [0.4, 0.5) is 0 Å². The predicted octanol–water partition coefficient (Wildman–Crippen LogP) is 3.01. The monoisotopic (exact) mass is 260 g/mol. The van der Waals surface area contributed by atoms with Gasteiger partial charge in [0.15, 0.2) is 0 Å². The number of aromatic amines is 1. The number of rotatable bonds is 4. The molecule has 0 spiro atoms. The molecule has 2 N–H and O–H groups in total. The van der Waals surface area contributed by atoms with Crippen LogP contribution in [0.3, 0.4) is 0 Å². The third-order valence-corrected chi connectivity index (χ3v) is 3.27. The third kappa shape index (κ3) is 2.63. The number of nitrogens with one attached hydrogen (secondary N) is 1. The number of aryl methyl sites for hydroxylation is 1. The Morgan fingerprint density at radius 1 is 1.37 bits per heavy atom. The van der Waals surface area contributed by atoms with Gasteiger partial charge in [0.2, 0.25) is 0 Å². The molecule has 102 valence electrons. The highest BCUT2D eigenvalue weighted by atomic mass is 16.5. The van der Waals surface area contributed by atoms with Crippen molar-refractivity contribution < 1.29 is 9.84 Å². The molecule has 0 fully saturated rings. The zero-order chi connectivity index (χ0) is 14.0. The van der Waals surface area contributed by atoms with E-state index in [1.54, 1.807) is 13.3 Å². The van der Waals surface area contributed by atoms with Crippen molar-refractivity contribution in [3.63, 3.8) is 0 Å². The summed E-state index contributed by atoms with van der Waals surface area (Å²) in [5.74, 6) is 1.88. The van der Waals surface area contributed by atoms with Crippen molar-refractivity contribution in [3.8, 4) is 17.0 Å². The van der Waals surface area contributed by atoms with Gasteiger partial charge in [0.1, 0.15) is 18.2 Å². The molecule has 1 aromatic carbocycles. The summed E-state index contributed by atoms with van der Waals surface area (Å²) in [6.45, 7) is 6.25. The topological polar surface area (TPSA) is 58.1 Å². The molecular weight excluding hydrogens is 240 g/mol. The number of hydrogen-bond donors (Lipinski definition) is 2. The van der Waals surface area contributed by atoms with Gasteiger partial charge in [-0.3, -0.25) is 0 Å². The maximum atomic E-state index is 9.08. The molecule has 0 aliphatic carbocycles. The Bertz CT molecular complexity index is 574. The van der Waals surface area contributed by atoms with Gasteiger partial charge in [-0.1, -0.05) is 13.8 Å². The summed E-state index contributed by atoms with van der Waals surface area (Å²) in [5, 5.41) is 9.08. The summed E-state index contributed by atoms with van der Waals surface area (Å²) in [7, 11) is 1.69. The van der Waals surface area contributed by atoms with Crippen molar-refractivity contribution in [3.05, 3.63) is 35.3 Å². The maximum absolute atomic E-state index is 9.08. The number of ether oxygens (including phenoxy) is 1. The van der Waals surface area contributed by atoms with Gasteiger partial charge >= 0.3 is 0 Å². The first-order chi connectivity index (χ1) is 9.06. The van der Waals surface area contributed by atoms with Gasteiger partial charge in [0.25, 0.3) is 0 Å². The molecule has 0 atom stereocenters. The summed E-state index contributed by atoms with van der Waals surface area (Å²) >= 11 is 0. The van der Waals surface area contributed by atoms with Crippen molar-refractivity contribution in [2.24, 2.45) is 0 Å². The zero-order valence-electron chi connectivity index (χ0n) is 11.8. The van der Waals surface area contributed by atoms with Crippen molar-refractivity contribution >= 4 is 0 Å². The average molecular weight is 260 g/mol. The van der Waals surface area contributed by atoms with E-state index in [4.69, 9.17) is 9.84 Å². The molecule has 1 aromatic heterocycles. The Morgan fingerprint density at radius 2 is 2.11 bits per heavy atom. The van der Waals surface area contributed by atoms with Crippen LogP contribution >= 0.6 is 0 Å². The number of hydrogen-bond acceptors (Lipinski definition) is 3. The van der Waals surface area contributed by atoms with E-state index >= 15 is 0 Å². The Kier molecular flexibility index (Phi) is 3.90. The van der Waals surface area contributed by atoms with Crippen LogP contribution in [0.2, 0.25) is 0 Å². The van der Waals surface area contributed by atoms with Crippen molar-refractivity contribution in [2.75, 3.05) is 7.11 Å². The first-order valence-corrected chi connectivity index (χ1v) is 6.40. The van der Waals surface area contributed by atoms with E-state index in [0.717, 1.165) is 22.6 Å².